The highest BCUT2D eigenvalue weighted by Gasteiger charge is 2.14. The van der Waals surface area contributed by atoms with Crippen LogP contribution in [-0.2, 0) is 17.8 Å². The summed E-state index contributed by atoms with van der Waals surface area (Å²) in [5.74, 6) is -0.260. The monoisotopic (exact) mass is 358 g/mol. The van der Waals surface area contributed by atoms with Gasteiger partial charge in [0.25, 0.3) is 5.91 Å². The Hall–Kier alpha value is -3.06. The van der Waals surface area contributed by atoms with Gasteiger partial charge in [-0.05, 0) is 29.7 Å². The van der Waals surface area contributed by atoms with E-state index in [1.54, 1.807) is 37.4 Å². The molecule has 2 aromatic carbocycles. The molecule has 0 aromatic heterocycles. The Balaban J connectivity index is 1.98. The number of benzene rings is 2. The fourth-order valence-corrected chi connectivity index (χ4v) is 2.40. The summed E-state index contributed by atoms with van der Waals surface area (Å²) < 4.78 is 10.3. The van der Waals surface area contributed by atoms with Crippen LogP contribution in [0, 0.1) is 0 Å². The van der Waals surface area contributed by atoms with Crippen LogP contribution in [0.4, 0.5) is 0 Å². The van der Waals surface area contributed by atoms with Gasteiger partial charge in [-0.3, -0.25) is 9.59 Å². The maximum atomic E-state index is 12.4. The van der Waals surface area contributed by atoms with Crippen molar-refractivity contribution in [3.05, 3.63) is 59.2 Å². The molecule has 0 bridgehead atoms. The fraction of sp³-hybridized carbons (Fsp3) is 0.263. The maximum Gasteiger partial charge on any atom is 0.320 e. The lowest BCUT2D eigenvalue weighted by atomic mass is 10.0. The molecule has 0 saturated heterocycles. The number of nitrogens with one attached hydrogen (secondary N) is 1. The van der Waals surface area contributed by atoms with E-state index in [1.807, 2.05) is 12.1 Å². The van der Waals surface area contributed by atoms with Crippen molar-refractivity contribution < 1.29 is 24.2 Å². The van der Waals surface area contributed by atoms with Gasteiger partial charge in [0.2, 0.25) is 0 Å². The van der Waals surface area contributed by atoms with E-state index in [0.717, 1.165) is 11.1 Å². The quantitative estimate of drug-likeness (QED) is 0.661. The molecule has 7 heteroatoms. The summed E-state index contributed by atoms with van der Waals surface area (Å²) in [6, 6.07) is 11.3. The van der Waals surface area contributed by atoms with E-state index in [1.165, 1.54) is 7.11 Å². The summed E-state index contributed by atoms with van der Waals surface area (Å²) in [5, 5.41) is 11.7. The zero-order chi connectivity index (χ0) is 19.1. The normalized spacial score (nSPS) is 11.5. The number of hydrogen-bond acceptors (Lipinski definition) is 5. The molecule has 0 saturated carbocycles. The number of aliphatic carboxylic acids is 1. The number of nitrogens with two attached hydrogens (primary N) is 1. The Morgan fingerprint density at radius 1 is 1.08 bits per heavy atom. The fourth-order valence-electron chi connectivity index (χ4n) is 2.40. The van der Waals surface area contributed by atoms with Crippen molar-refractivity contribution in [2.24, 2.45) is 5.73 Å². The zero-order valence-corrected chi connectivity index (χ0v) is 14.7. The first-order chi connectivity index (χ1) is 12.4. The molecular weight excluding hydrogens is 336 g/mol. The van der Waals surface area contributed by atoms with Crippen molar-refractivity contribution in [2.45, 2.75) is 19.0 Å². The van der Waals surface area contributed by atoms with Crippen LogP contribution in [0.25, 0.3) is 0 Å². The van der Waals surface area contributed by atoms with Crippen LogP contribution in [-0.4, -0.2) is 37.2 Å². The molecule has 2 rings (SSSR count). The molecule has 4 N–H and O–H groups in total. The van der Waals surface area contributed by atoms with Crippen molar-refractivity contribution in [2.75, 3.05) is 14.2 Å². The van der Waals surface area contributed by atoms with Crippen LogP contribution >= 0.6 is 0 Å². The summed E-state index contributed by atoms with van der Waals surface area (Å²) in [4.78, 5) is 23.2. The highest BCUT2D eigenvalue weighted by atomic mass is 16.5. The SMILES string of the molecule is COc1ccc(C(=O)NCc2ccc(C[C@H](N)C(=O)O)cc2)c(OC)c1. The van der Waals surface area contributed by atoms with E-state index in [-0.39, 0.29) is 12.3 Å². The molecule has 0 aliphatic heterocycles. The van der Waals surface area contributed by atoms with Crippen molar-refractivity contribution in [1.29, 1.82) is 0 Å². The summed E-state index contributed by atoms with van der Waals surface area (Å²) in [5.41, 5.74) is 7.65. The molecule has 0 unspecified atom stereocenters. The second kappa shape index (κ2) is 8.87. The predicted octanol–water partition coefficient (Wildman–Crippen LogP) is 1.59. The Bertz CT molecular complexity index is 774. The first kappa shape index (κ1) is 19.3. The Kier molecular flexibility index (Phi) is 6.57. The van der Waals surface area contributed by atoms with Gasteiger partial charge in [-0.15, -0.1) is 0 Å². The summed E-state index contributed by atoms with van der Waals surface area (Å²) in [6.07, 6.45) is 0.255. The van der Waals surface area contributed by atoms with Crippen LogP contribution in [0.1, 0.15) is 21.5 Å². The van der Waals surface area contributed by atoms with Crippen LogP contribution in [0.5, 0.6) is 11.5 Å². The number of amides is 1. The molecule has 7 nitrogen and oxygen atoms in total. The third-order valence-corrected chi connectivity index (χ3v) is 3.90. The number of hydrogen-bond donors (Lipinski definition) is 3. The lowest BCUT2D eigenvalue weighted by Gasteiger charge is -2.11. The van der Waals surface area contributed by atoms with Gasteiger partial charge in [0.05, 0.1) is 19.8 Å². The van der Waals surface area contributed by atoms with E-state index in [0.29, 0.717) is 23.6 Å². The second-order valence-corrected chi connectivity index (χ2v) is 5.71. The van der Waals surface area contributed by atoms with Gasteiger partial charge in [-0.2, -0.15) is 0 Å². The highest BCUT2D eigenvalue weighted by Crippen LogP contribution is 2.24. The smallest absolute Gasteiger partial charge is 0.320 e. The van der Waals surface area contributed by atoms with Crippen molar-refractivity contribution in [3.8, 4) is 11.5 Å². The number of carbonyl (C=O) groups excluding carboxylic acids is 1. The van der Waals surface area contributed by atoms with Crippen LogP contribution in [0.2, 0.25) is 0 Å². The van der Waals surface area contributed by atoms with Crippen molar-refractivity contribution in [3.63, 3.8) is 0 Å². The molecular formula is C19H22N2O5. The van der Waals surface area contributed by atoms with Gasteiger partial charge >= 0.3 is 5.97 Å². The highest BCUT2D eigenvalue weighted by molar-refractivity contribution is 5.97. The Morgan fingerprint density at radius 3 is 2.31 bits per heavy atom. The van der Waals surface area contributed by atoms with E-state index >= 15 is 0 Å². The number of ether oxygens (including phenoxy) is 2. The molecule has 0 heterocycles. The molecule has 1 amide bonds. The zero-order valence-electron chi connectivity index (χ0n) is 14.7. The molecule has 0 aliphatic rings. The molecule has 26 heavy (non-hydrogen) atoms. The molecule has 2 aromatic rings. The summed E-state index contributed by atoms with van der Waals surface area (Å²) in [7, 11) is 3.04. The average molecular weight is 358 g/mol. The van der Waals surface area contributed by atoms with Gasteiger partial charge < -0.3 is 25.6 Å². The molecule has 138 valence electrons. The number of rotatable bonds is 8. The van der Waals surface area contributed by atoms with Crippen LogP contribution < -0.4 is 20.5 Å². The lowest BCUT2D eigenvalue weighted by Crippen LogP contribution is -2.32. The molecule has 0 aliphatic carbocycles. The molecule has 1 atom stereocenters. The van der Waals surface area contributed by atoms with Gasteiger partial charge in [0, 0.05) is 12.6 Å². The Labute approximate surface area is 151 Å². The minimum atomic E-state index is -1.03. The third kappa shape index (κ3) is 4.97. The number of carboxylic acids is 1. The Morgan fingerprint density at radius 2 is 1.73 bits per heavy atom. The van der Waals surface area contributed by atoms with Gasteiger partial charge in [-0.1, -0.05) is 24.3 Å². The lowest BCUT2D eigenvalue weighted by molar-refractivity contribution is -0.138. The standard InChI is InChI=1S/C19H22N2O5/c1-25-14-7-8-15(17(10-14)26-2)18(22)21-11-13-5-3-12(4-6-13)9-16(20)19(23)24/h3-8,10,16H,9,11,20H2,1-2H3,(H,21,22)(H,23,24)/t16-/m0/s1. The second-order valence-electron chi connectivity index (χ2n) is 5.71. The largest absolute Gasteiger partial charge is 0.497 e. The van der Waals surface area contributed by atoms with Crippen LogP contribution in [0.15, 0.2) is 42.5 Å². The number of methoxy groups -OCH3 is 2. The minimum absolute atomic E-state index is 0.255. The molecule has 0 fully saturated rings. The molecule has 0 radical (unpaired) electrons. The maximum absolute atomic E-state index is 12.4. The average Bonchev–Trinajstić information content (AvgIpc) is 2.66. The van der Waals surface area contributed by atoms with E-state index in [2.05, 4.69) is 5.32 Å². The van der Waals surface area contributed by atoms with E-state index in [4.69, 9.17) is 20.3 Å². The van der Waals surface area contributed by atoms with Gasteiger partial charge in [0.15, 0.2) is 0 Å². The summed E-state index contributed by atoms with van der Waals surface area (Å²) in [6.45, 7) is 0.333. The van der Waals surface area contributed by atoms with Crippen molar-refractivity contribution >= 4 is 11.9 Å². The van der Waals surface area contributed by atoms with E-state index < -0.39 is 12.0 Å². The van der Waals surface area contributed by atoms with Gasteiger partial charge in [-0.25, -0.2) is 0 Å². The summed E-state index contributed by atoms with van der Waals surface area (Å²) >= 11 is 0. The first-order valence-electron chi connectivity index (χ1n) is 8.01. The topological polar surface area (TPSA) is 111 Å². The number of carbonyl (C=O) groups is 2. The van der Waals surface area contributed by atoms with Crippen molar-refractivity contribution in [1.82, 2.24) is 5.32 Å². The van der Waals surface area contributed by atoms with Gasteiger partial charge in [0.1, 0.15) is 17.5 Å². The van der Waals surface area contributed by atoms with Crippen LogP contribution in [0.3, 0.4) is 0 Å². The predicted molar refractivity (Wildman–Crippen MR) is 96.5 cm³/mol. The molecule has 0 spiro atoms. The number of carboxylic acid groups (broad SMARTS) is 1. The first-order valence-corrected chi connectivity index (χ1v) is 8.01. The third-order valence-electron chi connectivity index (χ3n) is 3.90. The minimum Gasteiger partial charge on any atom is -0.497 e. The van der Waals surface area contributed by atoms with E-state index in [9.17, 15) is 9.59 Å².